The molecule has 2 N–H and O–H groups in total. The van der Waals surface area contributed by atoms with Crippen molar-refractivity contribution in [2.75, 3.05) is 0 Å². The van der Waals surface area contributed by atoms with Gasteiger partial charge in [0.2, 0.25) is 0 Å². The molecule has 0 radical (unpaired) electrons. The van der Waals surface area contributed by atoms with E-state index in [0.29, 0.717) is 11.5 Å². The molecule has 60 valence electrons. The van der Waals surface area contributed by atoms with Gasteiger partial charge in [0.25, 0.3) is 0 Å². The lowest BCUT2D eigenvalue weighted by Gasteiger charge is -1.99. The van der Waals surface area contributed by atoms with Gasteiger partial charge in [-0.15, -0.1) is 0 Å². The molecule has 4 nitrogen and oxygen atoms in total. The zero-order valence-corrected chi connectivity index (χ0v) is 6.11. The first-order valence-corrected chi connectivity index (χ1v) is 3.79. The van der Waals surface area contributed by atoms with Crippen molar-refractivity contribution in [2.24, 2.45) is 0 Å². The van der Waals surface area contributed by atoms with Crippen LogP contribution in [0.5, 0.6) is 0 Å². The fraction of sp³-hybridized carbons (Fsp3) is 0.250. The molecule has 2 amide bonds. The summed E-state index contributed by atoms with van der Waals surface area (Å²) >= 11 is 0. The van der Waals surface area contributed by atoms with E-state index >= 15 is 0 Å². The average molecular weight is 164 g/mol. The molecule has 2 unspecified atom stereocenters. The summed E-state index contributed by atoms with van der Waals surface area (Å²) in [5.41, 5.74) is 0. The van der Waals surface area contributed by atoms with Gasteiger partial charge < -0.3 is 4.42 Å². The summed E-state index contributed by atoms with van der Waals surface area (Å²) in [6, 6.07) is 3.53. The van der Waals surface area contributed by atoms with Crippen molar-refractivity contribution in [3.05, 3.63) is 23.7 Å². The van der Waals surface area contributed by atoms with E-state index in [2.05, 4.69) is 0 Å². The molecule has 0 spiro atoms. The number of furan rings is 1. The maximum Gasteiger partial charge on any atom is 0.330 e. The summed E-state index contributed by atoms with van der Waals surface area (Å²) < 4.78 is 5.24. The monoisotopic (exact) mass is 164 g/mol. The van der Waals surface area contributed by atoms with Crippen LogP contribution < -0.4 is 5.32 Å². The lowest BCUT2D eigenvalue weighted by molar-refractivity contribution is -0.478. The third-order valence-corrected chi connectivity index (χ3v) is 2.49. The molecule has 0 aliphatic carbocycles. The second-order valence-electron chi connectivity index (χ2n) is 3.14. The van der Waals surface area contributed by atoms with E-state index in [9.17, 15) is 9.59 Å². The molecule has 0 aromatic carbocycles. The summed E-state index contributed by atoms with van der Waals surface area (Å²) in [5.74, 6) is 0.415. The molecule has 1 aromatic heterocycles. The molecule has 1 saturated heterocycles. The largest absolute Gasteiger partial charge is 0.464 e. The van der Waals surface area contributed by atoms with Crippen LogP contribution in [-0.2, 0) is 9.59 Å². The minimum atomic E-state index is -0.322. The van der Waals surface area contributed by atoms with Gasteiger partial charge in [0.05, 0.1) is 0 Å². The second kappa shape index (κ2) is 1.67. The lowest BCUT2D eigenvalue weighted by Crippen LogP contribution is -2.88. The van der Waals surface area contributed by atoms with Gasteiger partial charge in [-0.05, 0) is 12.1 Å². The van der Waals surface area contributed by atoms with Crippen LogP contribution in [0.15, 0.2) is 16.5 Å². The van der Waals surface area contributed by atoms with E-state index in [1.165, 1.54) is 5.32 Å². The number of rotatable bonds is 0. The average Bonchev–Trinajstić information content (AvgIpc) is 2.64. The number of primary amides is 2. The van der Waals surface area contributed by atoms with Crippen LogP contribution >= 0.6 is 0 Å². The number of imide groups is 1. The number of nitrogens with two attached hydrogens (primary N) is 1. The number of fused-ring (bicyclic) bond motifs is 5. The van der Waals surface area contributed by atoms with E-state index in [-0.39, 0.29) is 23.7 Å². The molecular formula is C8H6NO3+. The molecule has 2 aliphatic rings. The van der Waals surface area contributed by atoms with E-state index in [0.717, 1.165) is 0 Å². The number of carbonyl (C=O) groups is 2. The van der Waals surface area contributed by atoms with Gasteiger partial charge in [-0.25, -0.2) is 14.9 Å². The van der Waals surface area contributed by atoms with Gasteiger partial charge >= 0.3 is 11.8 Å². The second-order valence-corrected chi connectivity index (χ2v) is 3.14. The van der Waals surface area contributed by atoms with Crippen molar-refractivity contribution in [3.63, 3.8) is 0 Å². The first-order valence-electron chi connectivity index (χ1n) is 3.79. The number of hydrogen-bond donors (Lipinski definition) is 1. The van der Waals surface area contributed by atoms with Crippen LogP contribution in [0.25, 0.3) is 0 Å². The van der Waals surface area contributed by atoms with Gasteiger partial charge in [-0.3, -0.25) is 0 Å². The van der Waals surface area contributed by atoms with Crippen LogP contribution in [0.3, 0.4) is 0 Å². The lowest BCUT2D eigenvalue weighted by atomic mass is 9.90. The van der Waals surface area contributed by atoms with Crippen molar-refractivity contribution in [2.45, 2.75) is 11.8 Å². The quantitative estimate of drug-likeness (QED) is 0.505. The molecule has 1 fully saturated rings. The summed E-state index contributed by atoms with van der Waals surface area (Å²) in [7, 11) is 0. The van der Waals surface area contributed by atoms with Crippen molar-refractivity contribution in [1.29, 1.82) is 0 Å². The van der Waals surface area contributed by atoms with E-state index in [1.807, 2.05) is 0 Å². The number of amides is 2. The van der Waals surface area contributed by atoms with Crippen LogP contribution in [0.2, 0.25) is 0 Å². The number of carbonyl (C=O) groups excluding carboxylic acids is 2. The third kappa shape index (κ3) is 0.494. The smallest absolute Gasteiger partial charge is 0.330 e. The van der Waals surface area contributed by atoms with Crippen LogP contribution in [0, 0.1) is 0 Å². The number of quaternary nitrogens is 1. The Balaban J connectivity index is 2.22. The normalized spacial score (nSPS) is 31.3. The standard InChI is InChI=1S/C8H5NO3/c10-7-5-3-1-2-4(12-3)6(5)8(11)9-7/h1-2,5-6H,(H,9,10,11)/p+1. The summed E-state index contributed by atoms with van der Waals surface area (Å²) in [4.78, 5) is 22.5. The highest BCUT2D eigenvalue weighted by Gasteiger charge is 2.55. The fourth-order valence-corrected chi connectivity index (χ4v) is 1.96. The molecule has 0 saturated carbocycles. The topological polar surface area (TPSA) is 63.9 Å². The van der Waals surface area contributed by atoms with Crippen LogP contribution in [-0.4, -0.2) is 11.8 Å². The fourth-order valence-electron chi connectivity index (χ4n) is 1.96. The molecule has 2 aliphatic heterocycles. The molecule has 2 bridgehead atoms. The Kier molecular flexibility index (Phi) is 0.851. The van der Waals surface area contributed by atoms with Crippen molar-refractivity contribution < 1.29 is 19.3 Å². The van der Waals surface area contributed by atoms with Crippen molar-refractivity contribution >= 4 is 11.8 Å². The molecule has 4 heteroatoms. The van der Waals surface area contributed by atoms with Crippen molar-refractivity contribution in [1.82, 2.24) is 0 Å². The third-order valence-electron chi connectivity index (χ3n) is 2.49. The molecule has 2 atom stereocenters. The highest BCUT2D eigenvalue weighted by molar-refractivity contribution is 5.97. The zero-order chi connectivity index (χ0) is 8.29. The van der Waals surface area contributed by atoms with Gasteiger partial charge in [-0.2, -0.15) is 0 Å². The number of hydrogen-bond acceptors (Lipinski definition) is 3. The Labute approximate surface area is 67.5 Å². The summed E-state index contributed by atoms with van der Waals surface area (Å²) in [5, 5.41) is 1.19. The summed E-state index contributed by atoms with van der Waals surface area (Å²) in [6.45, 7) is 0. The molecule has 3 heterocycles. The first-order chi connectivity index (χ1) is 5.77. The van der Waals surface area contributed by atoms with Gasteiger partial charge in [0, 0.05) is 0 Å². The summed E-state index contributed by atoms with van der Waals surface area (Å²) in [6.07, 6.45) is 0. The Morgan fingerprint density at radius 1 is 1.08 bits per heavy atom. The van der Waals surface area contributed by atoms with Gasteiger partial charge in [0.1, 0.15) is 11.5 Å². The molecule has 3 rings (SSSR count). The molecule has 1 aromatic rings. The first kappa shape index (κ1) is 6.14. The maximum absolute atomic E-state index is 11.2. The predicted octanol–water partition coefficient (Wildman–Crippen LogP) is -0.909. The highest BCUT2D eigenvalue weighted by Crippen LogP contribution is 2.43. The Hall–Kier alpha value is -1.42. The predicted molar refractivity (Wildman–Crippen MR) is 36.1 cm³/mol. The Morgan fingerprint density at radius 3 is 2.08 bits per heavy atom. The van der Waals surface area contributed by atoms with Crippen LogP contribution in [0.1, 0.15) is 23.4 Å². The maximum atomic E-state index is 11.2. The molecular weight excluding hydrogens is 158 g/mol. The minimum absolute atomic E-state index is 0.112. The van der Waals surface area contributed by atoms with E-state index in [1.54, 1.807) is 12.1 Å². The zero-order valence-electron chi connectivity index (χ0n) is 6.11. The molecule has 12 heavy (non-hydrogen) atoms. The highest BCUT2D eigenvalue weighted by atomic mass is 16.4. The Bertz CT molecular complexity index is 358. The SMILES string of the molecule is O=C1[NH2+]C(=O)C2c3ccc(o3)C12. The van der Waals surface area contributed by atoms with E-state index in [4.69, 9.17) is 4.42 Å². The van der Waals surface area contributed by atoms with Gasteiger partial charge in [0.15, 0.2) is 11.8 Å². The van der Waals surface area contributed by atoms with Crippen molar-refractivity contribution in [3.8, 4) is 0 Å². The Morgan fingerprint density at radius 2 is 1.58 bits per heavy atom. The van der Waals surface area contributed by atoms with E-state index < -0.39 is 0 Å². The van der Waals surface area contributed by atoms with Crippen LogP contribution in [0.4, 0.5) is 0 Å². The minimum Gasteiger partial charge on any atom is -0.464 e. The van der Waals surface area contributed by atoms with Gasteiger partial charge in [-0.1, -0.05) is 0 Å².